The summed E-state index contributed by atoms with van der Waals surface area (Å²) in [6, 6.07) is 0. The SMILES string of the molecule is [N-]=[N+]=NCC1CNC2(CC2)CO1. The normalized spacial score (nSPS) is 31.2. The molecule has 2 rings (SSSR count). The molecule has 1 aliphatic heterocycles. The van der Waals surface area contributed by atoms with Crippen molar-refractivity contribution in [1.29, 1.82) is 0 Å². The quantitative estimate of drug-likeness (QED) is 0.376. The van der Waals surface area contributed by atoms with E-state index in [4.69, 9.17) is 10.3 Å². The van der Waals surface area contributed by atoms with E-state index in [0.717, 1.165) is 13.2 Å². The minimum Gasteiger partial charge on any atom is -0.375 e. The molecule has 1 unspecified atom stereocenters. The van der Waals surface area contributed by atoms with Gasteiger partial charge in [-0.05, 0) is 18.4 Å². The predicted molar refractivity (Wildman–Crippen MR) is 43.7 cm³/mol. The number of hydrogen-bond donors (Lipinski definition) is 1. The average Bonchev–Trinajstić information content (AvgIpc) is 2.85. The van der Waals surface area contributed by atoms with Crippen molar-refractivity contribution in [1.82, 2.24) is 5.32 Å². The van der Waals surface area contributed by atoms with Crippen molar-refractivity contribution in [2.75, 3.05) is 19.7 Å². The summed E-state index contributed by atoms with van der Waals surface area (Å²) in [5, 5.41) is 6.90. The first kappa shape index (κ1) is 7.86. The molecule has 0 aromatic heterocycles. The third-order valence-electron chi connectivity index (χ3n) is 2.50. The molecule has 1 atom stereocenters. The molecule has 0 aromatic rings. The van der Waals surface area contributed by atoms with E-state index in [9.17, 15) is 0 Å². The molecular formula is C7H12N4O. The lowest BCUT2D eigenvalue weighted by molar-refractivity contribution is 0.00258. The lowest BCUT2D eigenvalue weighted by atomic mass is 10.2. The van der Waals surface area contributed by atoms with Crippen LogP contribution in [0.5, 0.6) is 0 Å². The van der Waals surface area contributed by atoms with Crippen LogP contribution in [-0.4, -0.2) is 31.3 Å². The molecular weight excluding hydrogens is 156 g/mol. The number of nitrogens with zero attached hydrogens (tertiary/aromatic N) is 3. The van der Waals surface area contributed by atoms with E-state index in [0.29, 0.717) is 12.1 Å². The number of rotatable bonds is 2. The number of azide groups is 1. The van der Waals surface area contributed by atoms with Crippen LogP contribution in [0.25, 0.3) is 10.4 Å². The van der Waals surface area contributed by atoms with Crippen LogP contribution in [0.15, 0.2) is 5.11 Å². The highest BCUT2D eigenvalue weighted by Crippen LogP contribution is 2.37. The fraction of sp³-hybridized carbons (Fsp3) is 1.00. The van der Waals surface area contributed by atoms with Gasteiger partial charge in [-0.2, -0.15) is 0 Å². The van der Waals surface area contributed by atoms with Gasteiger partial charge in [-0.25, -0.2) is 0 Å². The van der Waals surface area contributed by atoms with Crippen LogP contribution < -0.4 is 5.32 Å². The van der Waals surface area contributed by atoms with Gasteiger partial charge in [0, 0.05) is 17.0 Å². The van der Waals surface area contributed by atoms with Crippen molar-refractivity contribution in [3.63, 3.8) is 0 Å². The maximum absolute atomic E-state index is 8.09. The molecule has 0 bridgehead atoms. The molecule has 66 valence electrons. The molecule has 2 aliphatic rings. The fourth-order valence-corrected chi connectivity index (χ4v) is 1.43. The van der Waals surface area contributed by atoms with Gasteiger partial charge >= 0.3 is 0 Å². The summed E-state index contributed by atoms with van der Waals surface area (Å²) in [7, 11) is 0. The molecule has 5 heteroatoms. The molecule has 1 N–H and O–H groups in total. The largest absolute Gasteiger partial charge is 0.375 e. The van der Waals surface area contributed by atoms with Gasteiger partial charge in [-0.3, -0.25) is 0 Å². The second kappa shape index (κ2) is 2.94. The molecule has 5 nitrogen and oxygen atoms in total. The summed E-state index contributed by atoms with van der Waals surface area (Å²) in [5.74, 6) is 0. The molecule has 1 spiro atoms. The Morgan fingerprint density at radius 1 is 1.67 bits per heavy atom. The monoisotopic (exact) mass is 168 g/mol. The summed E-state index contributed by atoms with van der Waals surface area (Å²) >= 11 is 0. The Hall–Kier alpha value is -0.770. The third kappa shape index (κ3) is 1.53. The van der Waals surface area contributed by atoms with E-state index in [1.54, 1.807) is 0 Å². The number of hydrogen-bond acceptors (Lipinski definition) is 3. The lowest BCUT2D eigenvalue weighted by Crippen LogP contribution is -2.49. The summed E-state index contributed by atoms with van der Waals surface area (Å²) in [6.45, 7) is 2.04. The van der Waals surface area contributed by atoms with Crippen molar-refractivity contribution in [3.8, 4) is 0 Å². The van der Waals surface area contributed by atoms with Crippen molar-refractivity contribution < 1.29 is 4.74 Å². The van der Waals surface area contributed by atoms with Crippen molar-refractivity contribution in [2.24, 2.45) is 5.11 Å². The number of nitrogens with one attached hydrogen (secondary N) is 1. The van der Waals surface area contributed by atoms with Gasteiger partial charge < -0.3 is 10.1 Å². The molecule has 12 heavy (non-hydrogen) atoms. The summed E-state index contributed by atoms with van der Waals surface area (Å²) in [5.41, 5.74) is 8.39. The highest BCUT2D eigenvalue weighted by atomic mass is 16.5. The summed E-state index contributed by atoms with van der Waals surface area (Å²) < 4.78 is 5.53. The fourth-order valence-electron chi connectivity index (χ4n) is 1.43. The zero-order chi connectivity index (χ0) is 8.44. The smallest absolute Gasteiger partial charge is 0.0756 e. The number of morpholine rings is 1. The Bertz CT molecular complexity index is 209. The maximum Gasteiger partial charge on any atom is 0.0756 e. The highest BCUT2D eigenvalue weighted by molar-refractivity contribution is 5.04. The third-order valence-corrected chi connectivity index (χ3v) is 2.50. The Morgan fingerprint density at radius 3 is 3.00 bits per heavy atom. The molecule has 2 fully saturated rings. The van der Waals surface area contributed by atoms with Gasteiger partial charge in [0.05, 0.1) is 19.3 Å². The van der Waals surface area contributed by atoms with Gasteiger partial charge in [-0.15, -0.1) is 0 Å². The molecule has 1 saturated carbocycles. The van der Waals surface area contributed by atoms with Crippen molar-refractivity contribution in [3.05, 3.63) is 10.4 Å². The van der Waals surface area contributed by atoms with Crippen molar-refractivity contribution in [2.45, 2.75) is 24.5 Å². The lowest BCUT2D eigenvalue weighted by Gasteiger charge is -2.29. The van der Waals surface area contributed by atoms with E-state index in [1.807, 2.05) is 0 Å². The van der Waals surface area contributed by atoms with E-state index < -0.39 is 0 Å². The summed E-state index contributed by atoms with van der Waals surface area (Å²) in [6.07, 6.45) is 2.52. The van der Waals surface area contributed by atoms with Crippen LogP contribution >= 0.6 is 0 Å². The first-order valence-corrected chi connectivity index (χ1v) is 4.22. The molecule has 1 heterocycles. The van der Waals surface area contributed by atoms with E-state index in [-0.39, 0.29) is 6.10 Å². The predicted octanol–water partition coefficient (Wildman–Crippen LogP) is 0.818. The first-order chi connectivity index (χ1) is 5.85. The van der Waals surface area contributed by atoms with Gasteiger partial charge in [0.25, 0.3) is 0 Å². The number of ether oxygens (including phenoxy) is 1. The van der Waals surface area contributed by atoms with E-state index in [1.165, 1.54) is 12.8 Å². The molecule has 0 amide bonds. The first-order valence-electron chi connectivity index (χ1n) is 4.22. The van der Waals surface area contributed by atoms with Crippen LogP contribution in [0.1, 0.15) is 12.8 Å². The van der Waals surface area contributed by atoms with Gasteiger partial charge in [0.1, 0.15) is 0 Å². The summed E-state index contributed by atoms with van der Waals surface area (Å²) in [4.78, 5) is 2.70. The van der Waals surface area contributed by atoms with Crippen LogP contribution in [0.3, 0.4) is 0 Å². The minimum atomic E-state index is 0.0760. The van der Waals surface area contributed by atoms with Crippen LogP contribution in [0, 0.1) is 0 Å². The second-order valence-corrected chi connectivity index (χ2v) is 3.51. The maximum atomic E-state index is 8.09. The Balaban J connectivity index is 1.78. The zero-order valence-electron chi connectivity index (χ0n) is 6.86. The van der Waals surface area contributed by atoms with Crippen molar-refractivity contribution >= 4 is 0 Å². The average molecular weight is 168 g/mol. The molecule has 0 radical (unpaired) electrons. The molecule has 1 saturated heterocycles. The van der Waals surface area contributed by atoms with Gasteiger partial charge in [0.2, 0.25) is 0 Å². The Labute approximate surface area is 70.7 Å². The van der Waals surface area contributed by atoms with Crippen LogP contribution in [0.4, 0.5) is 0 Å². The van der Waals surface area contributed by atoms with Crippen LogP contribution in [0.2, 0.25) is 0 Å². The molecule has 0 aromatic carbocycles. The van der Waals surface area contributed by atoms with E-state index in [2.05, 4.69) is 15.3 Å². The Kier molecular flexibility index (Phi) is 1.92. The minimum absolute atomic E-state index is 0.0760. The van der Waals surface area contributed by atoms with Gasteiger partial charge in [0.15, 0.2) is 0 Å². The second-order valence-electron chi connectivity index (χ2n) is 3.51. The van der Waals surface area contributed by atoms with Crippen LogP contribution in [-0.2, 0) is 4.74 Å². The highest BCUT2D eigenvalue weighted by Gasteiger charge is 2.45. The Morgan fingerprint density at radius 2 is 2.50 bits per heavy atom. The zero-order valence-corrected chi connectivity index (χ0v) is 6.86. The topological polar surface area (TPSA) is 70.0 Å². The van der Waals surface area contributed by atoms with Gasteiger partial charge in [-0.1, -0.05) is 5.11 Å². The standard InChI is InChI=1S/C7H12N4O/c8-11-10-4-6-3-9-7(1-2-7)5-12-6/h6,9H,1-5H2. The molecule has 1 aliphatic carbocycles. The van der Waals surface area contributed by atoms with E-state index >= 15 is 0 Å².